The highest BCUT2D eigenvalue weighted by atomic mass is 79.9. The molecule has 0 aliphatic rings. The summed E-state index contributed by atoms with van der Waals surface area (Å²) in [4.78, 5) is 0. The molecule has 0 spiro atoms. The molecule has 20 heavy (non-hydrogen) atoms. The summed E-state index contributed by atoms with van der Waals surface area (Å²) in [6.07, 6.45) is 4.09. The summed E-state index contributed by atoms with van der Waals surface area (Å²) in [6, 6.07) is 17.0. The minimum atomic E-state index is 0.134. The Kier molecular flexibility index (Phi) is 3.81. The van der Waals surface area contributed by atoms with Gasteiger partial charge in [0, 0.05) is 20.7 Å². The zero-order valence-corrected chi connectivity index (χ0v) is 13.9. The van der Waals surface area contributed by atoms with Crippen LogP contribution in [0.2, 0.25) is 0 Å². The molecule has 1 aromatic heterocycles. The molecular weight excluding hydrogens is 378 g/mol. The normalized spacial score (nSPS) is 12.5. The topological polar surface area (TPSA) is 4.93 Å². The maximum Gasteiger partial charge on any atom is 0.0767 e. The summed E-state index contributed by atoms with van der Waals surface area (Å²) in [5.41, 5.74) is 2.42. The number of allylic oxidation sites excluding steroid dienone is 1. The summed E-state index contributed by atoms with van der Waals surface area (Å²) in [6.45, 7) is 4.00. The summed E-state index contributed by atoms with van der Waals surface area (Å²) >= 11 is 7.02. The highest BCUT2D eigenvalue weighted by Crippen LogP contribution is 2.28. The third-order valence-corrected chi connectivity index (χ3v) is 4.44. The van der Waals surface area contributed by atoms with Gasteiger partial charge in [0.05, 0.1) is 6.04 Å². The van der Waals surface area contributed by atoms with Crippen LogP contribution in [-0.2, 0) is 0 Å². The Morgan fingerprint density at radius 3 is 2.35 bits per heavy atom. The van der Waals surface area contributed by atoms with Gasteiger partial charge < -0.3 is 4.57 Å². The van der Waals surface area contributed by atoms with Gasteiger partial charge in [-0.25, -0.2) is 0 Å². The zero-order chi connectivity index (χ0) is 14.1. The van der Waals surface area contributed by atoms with Crippen molar-refractivity contribution in [2.24, 2.45) is 0 Å². The van der Waals surface area contributed by atoms with E-state index < -0.39 is 0 Å². The van der Waals surface area contributed by atoms with Crippen LogP contribution in [0.15, 0.2) is 76.3 Å². The van der Waals surface area contributed by atoms with Crippen molar-refractivity contribution in [2.45, 2.75) is 6.04 Å². The van der Waals surface area contributed by atoms with Crippen LogP contribution < -0.4 is 0 Å². The monoisotopic (exact) mass is 389 g/mol. The van der Waals surface area contributed by atoms with E-state index in [1.165, 1.54) is 16.5 Å². The fourth-order valence-corrected chi connectivity index (χ4v) is 3.05. The molecule has 3 rings (SSSR count). The molecule has 3 heteroatoms. The van der Waals surface area contributed by atoms with Crippen LogP contribution in [-0.4, -0.2) is 4.57 Å². The van der Waals surface area contributed by atoms with Gasteiger partial charge in [0.25, 0.3) is 0 Å². The number of hydrogen-bond acceptors (Lipinski definition) is 0. The van der Waals surface area contributed by atoms with Crippen molar-refractivity contribution in [1.82, 2.24) is 4.57 Å². The van der Waals surface area contributed by atoms with Crippen molar-refractivity contribution in [2.75, 3.05) is 0 Å². The van der Waals surface area contributed by atoms with E-state index in [0.29, 0.717) is 0 Å². The van der Waals surface area contributed by atoms with Gasteiger partial charge in [-0.1, -0.05) is 56.1 Å². The molecule has 0 saturated heterocycles. The van der Waals surface area contributed by atoms with E-state index in [9.17, 15) is 0 Å². The fraction of sp³-hybridized carbons (Fsp3) is 0.0588. The molecule has 100 valence electrons. The van der Waals surface area contributed by atoms with E-state index in [2.05, 4.69) is 97.7 Å². The smallest absolute Gasteiger partial charge is 0.0767 e. The average Bonchev–Trinajstić information content (AvgIpc) is 2.85. The average molecular weight is 391 g/mol. The minimum absolute atomic E-state index is 0.134. The Morgan fingerprint density at radius 2 is 1.65 bits per heavy atom. The fourth-order valence-electron chi connectivity index (χ4n) is 2.44. The van der Waals surface area contributed by atoms with E-state index in [-0.39, 0.29) is 6.04 Å². The zero-order valence-electron chi connectivity index (χ0n) is 10.8. The molecule has 0 aliphatic carbocycles. The van der Waals surface area contributed by atoms with Crippen molar-refractivity contribution < 1.29 is 0 Å². The Labute approximate surface area is 135 Å². The highest BCUT2D eigenvalue weighted by Gasteiger charge is 2.12. The van der Waals surface area contributed by atoms with Crippen molar-refractivity contribution >= 4 is 42.8 Å². The number of hydrogen-bond donors (Lipinski definition) is 0. The maximum atomic E-state index is 4.00. The van der Waals surface area contributed by atoms with E-state index in [1.807, 2.05) is 6.08 Å². The Balaban J connectivity index is 2.14. The lowest BCUT2D eigenvalue weighted by Gasteiger charge is -2.17. The molecule has 0 fully saturated rings. The molecule has 0 bridgehead atoms. The Morgan fingerprint density at radius 1 is 0.950 bits per heavy atom. The highest BCUT2D eigenvalue weighted by molar-refractivity contribution is 9.10. The summed E-state index contributed by atoms with van der Waals surface area (Å²) in [5.74, 6) is 0. The van der Waals surface area contributed by atoms with E-state index in [1.54, 1.807) is 0 Å². The van der Waals surface area contributed by atoms with Crippen LogP contribution in [0.1, 0.15) is 11.6 Å². The quantitative estimate of drug-likeness (QED) is 0.487. The first-order valence-corrected chi connectivity index (χ1v) is 7.92. The number of halogens is 2. The third-order valence-electron chi connectivity index (χ3n) is 3.42. The summed E-state index contributed by atoms with van der Waals surface area (Å²) in [7, 11) is 0. The van der Waals surface area contributed by atoms with Crippen molar-refractivity contribution in [3.63, 3.8) is 0 Å². The maximum absolute atomic E-state index is 4.00. The van der Waals surface area contributed by atoms with Gasteiger partial charge in [0.2, 0.25) is 0 Å². The number of benzene rings is 2. The van der Waals surface area contributed by atoms with Gasteiger partial charge in [0.1, 0.15) is 0 Å². The molecule has 0 saturated carbocycles. The van der Waals surface area contributed by atoms with Crippen LogP contribution in [0.3, 0.4) is 0 Å². The van der Waals surface area contributed by atoms with Crippen LogP contribution in [0.5, 0.6) is 0 Å². The summed E-state index contributed by atoms with van der Waals surface area (Å²) < 4.78 is 4.42. The molecule has 0 unspecified atom stereocenters. The van der Waals surface area contributed by atoms with Gasteiger partial charge in [-0.2, -0.15) is 0 Å². The van der Waals surface area contributed by atoms with Crippen LogP contribution in [0, 0.1) is 0 Å². The predicted molar refractivity (Wildman–Crippen MR) is 92.1 cm³/mol. The van der Waals surface area contributed by atoms with Crippen LogP contribution in [0.25, 0.3) is 10.9 Å². The molecule has 3 aromatic rings. The Hall–Kier alpha value is -1.32. The second kappa shape index (κ2) is 5.58. The van der Waals surface area contributed by atoms with Crippen LogP contribution >= 0.6 is 31.9 Å². The second-order valence-corrected chi connectivity index (χ2v) is 6.49. The molecule has 0 aliphatic heterocycles. The third kappa shape index (κ3) is 2.48. The standard InChI is InChI=1S/C17H13Br2N/c1-2-16(12-3-6-14(18)7-4-12)20-10-9-13-5-8-15(19)11-17(13)20/h2-11,16H,1H2/t16-/m0/s1. The van der Waals surface area contributed by atoms with Gasteiger partial charge in [-0.15, -0.1) is 6.58 Å². The Bertz CT molecular complexity index is 756. The molecular formula is C17H13Br2N. The molecule has 1 heterocycles. The van der Waals surface area contributed by atoms with E-state index in [4.69, 9.17) is 0 Å². The first kappa shape index (κ1) is 13.7. The van der Waals surface area contributed by atoms with E-state index in [0.717, 1.165) is 8.95 Å². The van der Waals surface area contributed by atoms with Gasteiger partial charge in [-0.05, 0) is 41.3 Å². The predicted octanol–water partition coefficient (Wildman–Crippen LogP) is 5.94. The first-order chi connectivity index (χ1) is 9.69. The SMILES string of the molecule is C=C[C@@H](c1ccc(Br)cc1)n1ccc2ccc(Br)cc21. The number of rotatable bonds is 3. The van der Waals surface area contributed by atoms with Crippen molar-refractivity contribution in [3.05, 3.63) is 81.9 Å². The lowest BCUT2D eigenvalue weighted by Crippen LogP contribution is -2.06. The molecule has 1 nitrogen and oxygen atoms in total. The molecule has 0 radical (unpaired) electrons. The largest absolute Gasteiger partial charge is 0.336 e. The van der Waals surface area contributed by atoms with Gasteiger partial charge in [-0.3, -0.25) is 0 Å². The van der Waals surface area contributed by atoms with Gasteiger partial charge in [0.15, 0.2) is 0 Å². The van der Waals surface area contributed by atoms with Crippen LogP contribution in [0.4, 0.5) is 0 Å². The number of nitrogens with zero attached hydrogens (tertiary/aromatic N) is 1. The van der Waals surface area contributed by atoms with Crippen molar-refractivity contribution in [1.29, 1.82) is 0 Å². The van der Waals surface area contributed by atoms with Crippen molar-refractivity contribution in [3.8, 4) is 0 Å². The summed E-state index contributed by atoms with van der Waals surface area (Å²) in [5, 5.41) is 1.23. The molecule has 0 N–H and O–H groups in total. The molecule has 0 amide bonds. The lowest BCUT2D eigenvalue weighted by molar-refractivity contribution is 0.730. The first-order valence-electron chi connectivity index (χ1n) is 6.33. The molecule has 1 atom stereocenters. The molecule has 2 aromatic carbocycles. The number of aromatic nitrogens is 1. The van der Waals surface area contributed by atoms with Gasteiger partial charge >= 0.3 is 0 Å². The minimum Gasteiger partial charge on any atom is -0.336 e. The van der Waals surface area contributed by atoms with E-state index >= 15 is 0 Å². The lowest BCUT2D eigenvalue weighted by atomic mass is 10.1. The second-order valence-electron chi connectivity index (χ2n) is 4.66. The number of fused-ring (bicyclic) bond motifs is 1.